The maximum Gasteiger partial charge on any atom is 0.225 e. The first-order valence-electron chi connectivity index (χ1n) is 9.07. The van der Waals surface area contributed by atoms with Crippen LogP contribution in [-0.4, -0.2) is 50.3 Å². The molecule has 4 heteroatoms. The molecule has 4 nitrogen and oxygen atoms in total. The minimum Gasteiger partial charge on any atom is -0.384 e. The molecular weight excluding hydrogens is 278 g/mol. The van der Waals surface area contributed by atoms with Gasteiger partial charge >= 0.3 is 0 Å². The van der Waals surface area contributed by atoms with Crippen molar-refractivity contribution in [2.24, 2.45) is 11.8 Å². The Bertz CT molecular complexity index is 326. The Morgan fingerprint density at radius 1 is 1.09 bits per heavy atom. The molecule has 0 aromatic heterocycles. The number of piperidine rings is 1. The summed E-state index contributed by atoms with van der Waals surface area (Å²) in [4.78, 5) is 14.4. The summed E-state index contributed by atoms with van der Waals surface area (Å²) < 4.78 is 11.2. The third-order valence-corrected chi connectivity index (χ3v) is 5.08. The van der Waals surface area contributed by atoms with E-state index in [2.05, 4.69) is 0 Å². The lowest BCUT2D eigenvalue weighted by Gasteiger charge is -2.33. The molecular formula is C18H33NO3. The van der Waals surface area contributed by atoms with E-state index < -0.39 is 0 Å². The summed E-state index contributed by atoms with van der Waals surface area (Å²) in [5, 5.41) is 0. The average Bonchev–Trinajstić information content (AvgIpc) is 2.54. The summed E-state index contributed by atoms with van der Waals surface area (Å²) in [6.07, 6.45) is 9.48. The van der Waals surface area contributed by atoms with E-state index in [1.807, 2.05) is 11.8 Å². The van der Waals surface area contributed by atoms with Crippen molar-refractivity contribution in [1.29, 1.82) is 0 Å². The highest BCUT2D eigenvalue weighted by atomic mass is 16.5. The largest absolute Gasteiger partial charge is 0.384 e. The van der Waals surface area contributed by atoms with Crippen LogP contribution in [0.4, 0.5) is 0 Å². The smallest absolute Gasteiger partial charge is 0.225 e. The first kappa shape index (κ1) is 17.7. The molecule has 1 unspecified atom stereocenters. The normalized spacial score (nSPS) is 25.2. The summed E-state index contributed by atoms with van der Waals surface area (Å²) in [5.41, 5.74) is 0. The molecule has 0 aromatic rings. The highest BCUT2D eigenvalue weighted by Crippen LogP contribution is 2.24. The molecule has 0 radical (unpaired) electrons. The summed E-state index contributed by atoms with van der Waals surface area (Å²) in [7, 11) is 1.74. The molecule has 2 aliphatic rings. The monoisotopic (exact) mass is 311 g/mol. The first-order chi connectivity index (χ1) is 10.7. The van der Waals surface area contributed by atoms with Gasteiger partial charge in [0, 0.05) is 26.8 Å². The predicted molar refractivity (Wildman–Crippen MR) is 87.8 cm³/mol. The molecule has 1 heterocycles. The Morgan fingerprint density at radius 3 is 2.55 bits per heavy atom. The molecule has 1 saturated carbocycles. The van der Waals surface area contributed by atoms with E-state index in [0.29, 0.717) is 18.3 Å². The Labute approximate surface area is 135 Å². The zero-order valence-electron chi connectivity index (χ0n) is 14.4. The molecule has 0 aromatic carbocycles. The lowest BCUT2D eigenvalue weighted by molar-refractivity contribution is -0.136. The minimum atomic E-state index is 0.0391. The number of carbonyl (C=O) groups excluding carboxylic acids is 1. The third kappa shape index (κ3) is 5.88. The van der Waals surface area contributed by atoms with Gasteiger partial charge in [0.05, 0.1) is 19.1 Å². The average molecular weight is 311 g/mol. The van der Waals surface area contributed by atoms with Crippen molar-refractivity contribution >= 4 is 5.91 Å². The van der Waals surface area contributed by atoms with Gasteiger partial charge in [-0.25, -0.2) is 0 Å². The van der Waals surface area contributed by atoms with Gasteiger partial charge in [0.2, 0.25) is 5.91 Å². The van der Waals surface area contributed by atoms with Crippen molar-refractivity contribution in [2.75, 3.05) is 33.4 Å². The number of methoxy groups -OCH3 is 1. The van der Waals surface area contributed by atoms with E-state index >= 15 is 0 Å². The highest BCUT2D eigenvalue weighted by Gasteiger charge is 2.25. The molecule has 1 amide bonds. The Hall–Kier alpha value is -0.610. The molecule has 1 saturated heterocycles. The summed E-state index contributed by atoms with van der Waals surface area (Å²) in [5.74, 6) is 1.46. The van der Waals surface area contributed by atoms with E-state index in [-0.39, 0.29) is 12.0 Å². The Morgan fingerprint density at radius 2 is 1.82 bits per heavy atom. The van der Waals surface area contributed by atoms with Gasteiger partial charge in [-0.05, 0) is 44.4 Å². The fourth-order valence-electron chi connectivity index (χ4n) is 3.75. The van der Waals surface area contributed by atoms with Crippen molar-refractivity contribution in [3.63, 3.8) is 0 Å². The molecule has 0 bridgehead atoms. The van der Waals surface area contributed by atoms with Crippen molar-refractivity contribution in [1.82, 2.24) is 4.90 Å². The van der Waals surface area contributed by atoms with Gasteiger partial charge in [-0.3, -0.25) is 4.79 Å². The van der Waals surface area contributed by atoms with Gasteiger partial charge in [-0.1, -0.05) is 19.3 Å². The fourth-order valence-corrected chi connectivity index (χ4v) is 3.75. The molecule has 0 spiro atoms. The van der Waals surface area contributed by atoms with Crippen LogP contribution < -0.4 is 0 Å². The van der Waals surface area contributed by atoms with E-state index in [1.54, 1.807) is 7.11 Å². The molecule has 2 rings (SSSR count). The van der Waals surface area contributed by atoms with E-state index in [0.717, 1.165) is 32.7 Å². The van der Waals surface area contributed by atoms with Crippen LogP contribution in [0.15, 0.2) is 0 Å². The number of ether oxygens (including phenoxy) is 2. The third-order valence-electron chi connectivity index (χ3n) is 5.08. The number of nitrogens with zero attached hydrogens (tertiary/aromatic N) is 1. The lowest BCUT2D eigenvalue weighted by Crippen LogP contribution is -2.42. The van der Waals surface area contributed by atoms with Crippen LogP contribution in [0.2, 0.25) is 0 Å². The van der Waals surface area contributed by atoms with Crippen molar-refractivity contribution in [3.8, 4) is 0 Å². The Balaban J connectivity index is 1.66. The van der Waals surface area contributed by atoms with Crippen LogP contribution in [0.5, 0.6) is 0 Å². The van der Waals surface area contributed by atoms with Gasteiger partial charge in [0.25, 0.3) is 0 Å². The van der Waals surface area contributed by atoms with Crippen LogP contribution >= 0.6 is 0 Å². The minimum absolute atomic E-state index is 0.0391. The molecule has 2 atom stereocenters. The van der Waals surface area contributed by atoms with Crippen molar-refractivity contribution in [2.45, 2.75) is 64.4 Å². The second-order valence-electron chi connectivity index (χ2n) is 7.16. The quantitative estimate of drug-likeness (QED) is 0.724. The Kier molecular flexibility index (Phi) is 7.67. The molecule has 1 aliphatic heterocycles. The highest BCUT2D eigenvalue weighted by molar-refractivity contribution is 5.76. The fraction of sp³-hybridized carbons (Fsp3) is 0.944. The number of amides is 1. The number of likely N-dealkylation sites (tertiary alicyclic amines) is 1. The van der Waals surface area contributed by atoms with Gasteiger partial charge in [0.15, 0.2) is 0 Å². The second-order valence-corrected chi connectivity index (χ2v) is 7.16. The first-order valence-corrected chi connectivity index (χ1v) is 9.07. The summed E-state index contributed by atoms with van der Waals surface area (Å²) in [6.45, 7) is 5.38. The van der Waals surface area contributed by atoms with Gasteiger partial charge in [-0.2, -0.15) is 0 Å². The number of hydrogen-bond acceptors (Lipinski definition) is 3. The zero-order valence-corrected chi connectivity index (χ0v) is 14.4. The second kappa shape index (κ2) is 9.51. The lowest BCUT2D eigenvalue weighted by atomic mass is 9.90. The number of carbonyl (C=O) groups is 1. The van der Waals surface area contributed by atoms with Gasteiger partial charge in [-0.15, -0.1) is 0 Å². The molecule has 22 heavy (non-hydrogen) atoms. The van der Waals surface area contributed by atoms with E-state index in [4.69, 9.17) is 9.47 Å². The standard InChI is InChI=1S/C18H33NO3/c1-15(22-14-16-7-4-3-5-8-16)11-18(20)19-10-6-9-17(12-19)13-21-2/h15-17H,3-14H2,1-2H3/t15?,17-/m0/s1. The maximum atomic E-state index is 12.4. The van der Waals surface area contributed by atoms with Crippen LogP contribution in [0.3, 0.4) is 0 Å². The predicted octanol–water partition coefficient (Wildman–Crippen LogP) is 3.25. The zero-order chi connectivity index (χ0) is 15.8. The summed E-state index contributed by atoms with van der Waals surface area (Å²) in [6, 6.07) is 0. The molecule has 128 valence electrons. The topological polar surface area (TPSA) is 38.8 Å². The van der Waals surface area contributed by atoms with E-state index in [1.165, 1.54) is 38.5 Å². The SMILES string of the molecule is COC[C@H]1CCCN(C(=O)CC(C)OCC2CCCCC2)C1. The van der Waals surface area contributed by atoms with Crippen molar-refractivity contribution in [3.05, 3.63) is 0 Å². The van der Waals surface area contributed by atoms with Crippen molar-refractivity contribution < 1.29 is 14.3 Å². The maximum absolute atomic E-state index is 12.4. The number of hydrogen-bond donors (Lipinski definition) is 0. The van der Waals surface area contributed by atoms with Crippen LogP contribution in [0, 0.1) is 11.8 Å². The number of rotatable bonds is 7. The summed E-state index contributed by atoms with van der Waals surface area (Å²) >= 11 is 0. The molecule has 1 aliphatic carbocycles. The van der Waals surface area contributed by atoms with Crippen LogP contribution in [0.25, 0.3) is 0 Å². The van der Waals surface area contributed by atoms with Gasteiger partial charge in [0.1, 0.15) is 0 Å². The molecule has 2 fully saturated rings. The van der Waals surface area contributed by atoms with Crippen LogP contribution in [-0.2, 0) is 14.3 Å². The van der Waals surface area contributed by atoms with E-state index in [9.17, 15) is 4.79 Å². The van der Waals surface area contributed by atoms with Gasteiger partial charge < -0.3 is 14.4 Å². The molecule has 0 N–H and O–H groups in total. The van der Waals surface area contributed by atoms with Crippen LogP contribution in [0.1, 0.15) is 58.3 Å².